The van der Waals surface area contributed by atoms with Crippen LogP contribution in [0.3, 0.4) is 0 Å². The van der Waals surface area contributed by atoms with Gasteiger partial charge in [-0.05, 0) is 55.3 Å². The lowest BCUT2D eigenvalue weighted by molar-refractivity contribution is -0.117. The van der Waals surface area contributed by atoms with E-state index in [0.717, 1.165) is 0 Å². The summed E-state index contributed by atoms with van der Waals surface area (Å²) in [4.78, 5) is 12.2. The Morgan fingerprint density at radius 3 is 2.54 bits per heavy atom. The minimum absolute atomic E-state index is 0.156. The van der Waals surface area contributed by atoms with Gasteiger partial charge in [0.25, 0.3) is 0 Å². The number of carbonyl (C=O) groups excluding carboxylic acids is 1. The normalized spacial score (nSPS) is 11.9. The molecular weight excluding hydrogens is 385 g/mol. The Morgan fingerprint density at radius 2 is 1.93 bits per heavy atom. The second kappa shape index (κ2) is 9.99. The van der Waals surface area contributed by atoms with Crippen LogP contribution in [0.25, 0.3) is 6.08 Å². The zero-order valence-electron chi connectivity index (χ0n) is 16.2. The number of hydrogen-bond donors (Lipinski definition) is 1. The van der Waals surface area contributed by atoms with E-state index in [1.54, 1.807) is 31.2 Å². The van der Waals surface area contributed by atoms with E-state index in [0.29, 0.717) is 34.3 Å². The quantitative estimate of drug-likeness (QED) is 0.639. The maximum Gasteiger partial charge on any atom is 0.244 e. The molecular formula is C21H23ClFNO4. The van der Waals surface area contributed by atoms with Gasteiger partial charge < -0.3 is 19.5 Å². The summed E-state index contributed by atoms with van der Waals surface area (Å²) in [6.07, 6.45) is 2.99. The van der Waals surface area contributed by atoms with Gasteiger partial charge in [0.1, 0.15) is 0 Å². The maximum absolute atomic E-state index is 13.8. The van der Waals surface area contributed by atoms with Crippen molar-refractivity contribution in [3.05, 3.63) is 58.4 Å². The number of rotatable bonds is 8. The highest BCUT2D eigenvalue weighted by molar-refractivity contribution is 6.32. The summed E-state index contributed by atoms with van der Waals surface area (Å²) in [6.45, 7) is 4.07. The molecule has 150 valence electrons. The molecule has 0 fully saturated rings. The first kappa shape index (κ1) is 21.6. The lowest BCUT2D eigenvalue weighted by Crippen LogP contribution is -2.24. The standard InChI is InChI=1S/C21H23ClFNO4/c1-5-28-21-16(22)10-14(11-19(21)27-4)6-9-20(25)24-13(2)15-7-8-18(26-3)17(23)12-15/h6-13H,5H2,1-4H3,(H,24,25)/b9-6+/t13-/m0/s1. The molecule has 0 bridgehead atoms. The van der Waals surface area contributed by atoms with Crippen molar-refractivity contribution in [2.75, 3.05) is 20.8 Å². The Kier molecular flexibility index (Phi) is 7.70. The predicted molar refractivity (Wildman–Crippen MR) is 108 cm³/mol. The lowest BCUT2D eigenvalue weighted by atomic mass is 10.1. The van der Waals surface area contributed by atoms with E-state index in [1.807, 2.05) is 6.92 Å². The fraction of sp³-hybridized carbons (Fsp3) is 0.286. The van der Waals surface area contributed by atoms with Gasteiger partial charge in [-0.1, -0.05) is 17.7 Å². The molecule has 0 saturated carbocycles. The molecule has 0 aliphatic rings. The van der Waals surface area contributed by atoms with Crippen LogP contribution in [-0.2, 0) is 4.79 Å². The van der Waals surface area contributed by atoms with E-state index in [-0.39, 0.29) is 17.7 Å². The number of amides is 1. The molecule has 0 aliphatic carbocycles. The van der Waals surface area contributed by atoms with Crippen molar-refractivity contribution in [2.24, 2.45) is 0 Å². The van der Waals surface area contributed by atoms with Gasteiger partial charge >= 0.3 is 0 Å². The molecule has 28 heavy (non-hydrogen) atoms. The second-order valence-corrected chi connectivity index (χ2v) is 6.33. The van der Waals surface area contributed by atoms with Crippen molar-refractivity contribution in [1.29, 1.82) is 0 Å². The van der Waals surface area contributed by atoms with Crippen molar-refractivity contribution in [3.8, 4) is 17.2 Å². The van der Waals surface area contributed by atoms with Crippen molar-refractivity contribution in [1.82, 2.24) is 5.32 Å². The van der Waals surface area contributed by atoms with Gasteiger partial charge in [-0.2, -0.15) is 0 Å². The van der Waals surface area contributed by atoms with Gasteiger partial charge in [0.2, 0.25) is 5.91 Å². The number of ether oxygens (including phenoxy) is 3. The molecule has 1 atom stereocenters. The van der Waals surface area contributed by atoms with Crippen LogP contribution in [0.4, 0.5) is 4.39 Å². The molecule has 2 rings (SSSR count). The molecule has 0 radical (unpaired) electrons. The van der Waals surface area contributed by atoms with Crippen LogP contribution in [0.2, 0.25) is 5.02 Å². The Morgan fingerprint density at radius 1 is 1.21 bits per heavy atom. The molecule has 1 N–H and O–H groups in total. The van der Waals surface area contributed by atoms with Crippen molar-refractivity contribution in [3.63, 3.8) is 0 Å². The number of benzene rings is 2. The zero-order chi connectivity index (χ0) is 20.7. The summed E-state index contributed by atoms with van der Waals surface area (Å²) in [7, 11) is 2.92. The minimum Gasteiger partial charge on any atom is -0.494 e. The molecule has 1 amide bonds. The maximum atomic E-state index is 13.8. The van der Waals surface area contributed by atoms with Gasteiger partial charge in [-0.15, -0.1) is 0 Å². The SMILES string of the molecule is CCOc1c(Cl)cc(/C=C/C(=O)N[C@@H](C)c2ccc(OC)c(F)c2)cc1OC. The molecule has 0 heterocycles. The summed E-state index contributed by atoms with van der Waals surface area (Å²) in [6, 6.07) is 7.59. The van der Waals surface area contributed by atoms with Crippen LogP contribution in [-0.4, -0.2) is 26.7 Å². The molecule has 0 unspecified atom stereocenters. The van der Waals surface area contributed by atoms with E-state index >= 15 is 0 Å². The van der Waals surface area contributed by atoms with E-state index in [9.17, 15) is 9.18 Å². The molecule has 0 aromatic heterocycles. The minimum atomic E-state index is -0.479. The first-order valence-corrected chi connectivity index (χ1v) is 9.09. The Balaban J connectivity index is 2.09. The van der Waals surface area contributed by atoms with E-state index in [1.165, 1.54) is 32.4 Å². The molecule has 0 saturated heterocycles. The van der Waals surface area contributed by atoms with Crippen molar-refractivity contribution in [2.45, 2.75) is 19.9 Å². The lowest BCUT2D eigenvalue weighted by Gasteiger charge is -2.14. The van der Waals surface area contributed by atoms with Crippen LogP contribution >= 0.6 is 11.6 Å². The predicted octanol–water partition coefficient (Wildman–Crippen LogP) is 4.79. The molecule has 0 spiro atoms. The van der Waals surface area contributed by atoms with E-state index in [4.69, 9.17) is 25.8 Å². The van der Waals surface area contributed by atoms with Crippen molar-refractivity contribution >= 4 is 23.6 Å². The third kappa shape index (κ3) is 5.39. The second-order valence-electron chi connectivity index (χ2n) is 5.92. The number of carbonyl (C=O) groups is 1. The molecule has 7 heteroatoms. The largest absolute Gasteiger partial charge is 0.494 e. The Labute approximate surface area is 169 Å². The zero-order valence-corrected chi connectivity index (χ0v) is 17.0. The fourth-order valence-electron chi connectivity index (χ4n) is 2.59. The average molecular weight is 408 g/mol. The van der Waals surface area contributed by atoms with Crippen LogP contribution < -0.4 is 19.5 Å². The third-order valence-electron chi connectivity index (χ3n) is 4.00. The van der Waals surface area contributed by atoms with E-state index < -0.39 is 5.82 Å². The van der Waals surface area contributed by atoms with Crippen molar-refractivity contribution < 1.29 is 23.4 Å². The van der Waals surface area contributed by atoms with Gasteiger partial charge in [0, 0.05) is 6.08 Å². The van der Waals surface area contributed by atoms with Crippen LogP contribution in [0.1, 0.15) is 31.0 Å². The summed E-state index contributed by atoms with van der Waals surface area (Å²) in [5.74, 6) is 0.295. The van der Waals surface area contributed by atoms with Crippen LogP contribution in [0, 0.1) is 5.82 Å². The average Bonchev–Trinajstić information content (AvgIpc) is 2.67. The highest BCUT2D eigenvalue weighted by Crippen LogP contribution is 2.36. The molecule has 2 aromatic rings. The van der Waals surface area contributed by atoms with Gasteiger partial charge in [0.05, 0.1) is 31.9 Å². The summed E-state index contributed by atoms with van der Waals surface area (Å²) in [5, 5.41) is 3.18. The highest BCUT2D eigenvalue weighted by atomic mass is 35.5. The molecule has 5 nitrogen and oxygen atoms in total. The number of nitrogens with one attached hydrogen (secondary N) is 1. The molecule has 0 aliphatic heterocycles. The first-order chi connectivity index (χ1) is 13.4. The molecule has 2 aromatic carbocycles. The van der Waals surface area contributed by atoms with E-state index in [2.05, 4.69) is 5.32 Å². The number of halogens is 2. The monoisotopic (exact) mass is 407 g/mol. The Hall–Kier alpha value is -2.73. The summed E-state index contributed by atoms with van der Waals surface area (Å²) in [5.41, 5.74) is 1.31. The Bertz CT molecular complexity index is 870. The van der Waals surface area contributed by atoms with Gasteiger partial charge in [-0.25, -0.2) is 4.39 Å². The third-order valence-corrected chi connectivity index (χ3v) is 4.28. The van der Waals surface area contributed by atoms with Crippen LogP contribution in [0.15, 0.2) is 36.4 Å². The topological polar surface area (TPSA) is 56.8 Å². The fourth-order valence-corrected chi connectivity index (χ4v) is 2.86. The summed E-state index contributed by atoms with van der Waals surface area (Å²) < 4.78 is 29.5. The summed E-state index contributed by atoms with van der Waals surface area (Å²) >= 11 is 6.23. The smallest absolute Gasteiger partial charge is 0.244 e. The van der Waals surface area contributed by atoms with Gasteiger partial charge in [0.15, 0.2) is 23.1 Å². The number of hydrogen-bond acceptors (Lipinski definition) is 4. The van der Waals surface area contributed by atoms with Crippen LogP contribution in [0.5, 0.6) is 17.2 Å². The van der Waals surface area contributed by atoms with Gasteiger partial charge in [-0.3, -0.25) is 4.79 Å². The number of methoxy groups -OCH3 is 2. The highest BCUT2D eigenvalue weighted by Gasteiger charge is 2.12. The first-order valence-electron chi connectivity index (χ1n) is 8.71.